The summed E-state index contributed by atoms with van der Waals surface area (Å²) >= 11 is 1.26. The van der Waals surface area contributed by atoms with Crippen molar-refractivity contribution in [3.8, 4) is 0 Å². The second-order valence-corrected chi connectivity index (χ2v) is 7.40. The summed E-state index contributed by atoms with van der Waals surface area (Å²) in [5.74, 6) is -2.19. The van der Waals surface area contributed by atoms with Crippen LogP contribution >= 0.6 is 11.3 Å². The van der Waals surface area contributed by atoms with Crippen LogP contribution in [0.15, 0.2) is 18.2 Å². The lowest BCUT2D eigenvalue weighted by atomic mass is 10.1. The number of hydrogen-bond donors (Lipinski definition) is 1. The molecule has 1 atom stereocenters. The molecule has 0 spiro atoms. The first-order valence-corrected chi connectivity index (χ1v) is 8.96. The fraction of sp³-hybridized carbons (Fsp3) is 0.375. The van der Waals surface area contributed by atoms with E-state index in [1.54, 1.807) is 0 Å². The smallest absolute Gasteiger partial charge is 0.306 e. The van der Waals surface area contributed by atoms with Gasteiger partial charge in [-0.15, -0.1) is 10.2 Å². The minimum Gasteiger partial charge on any atom is -0.311 e. The van der Waals surface area contributed by atoms with Crippen molar-refractivity contribution in [1.82, 2.24) is 10.2 Å². The van der Waals surface area contributed by atoms with Crippen LogP contribution in [0.4, 0.5) is 20.9 Å². The molecule has 2 heterocycles. The molecule has 0 bridgehead atoms. The van der Waals surface area contributed by atoms with Gasteiger partial charge in [0.25, 0.3) is 0 Å². The molecule has 1 N–H and O–H groups in total. The molecule has 11 heteroatoms. The van der Waals surface area contributed by atoms with Gasteiger partial charge in [-0.05, 0) is 12.1 Å². The molecule has 0 radical (unpaired) electrons. The van der Waals surface area contributed by atoms with Gasteiger partial charge in [-0.1, -0.05) is 25.2 Å². The molecule has 3 rings (SSSR count). The monoisotopic (exact) mass is 393 g/mol. The van der Waals surface area contributed by atoms with Crippen LogP contribution in [0.2, 0.25) is 0 Å². The van der Waals surface area contributed by atoms with Gasteiger partial charge in [0.15, 0.2) is 0 Å². The highest BCUT2D eigenvalue weighted by atomic mass is 32.1. The van der Waals surface area contributed by atoms with E-state index in [0.29, 0.717) is 5.13 Å². The van der Waals surface area contributed by atoms with Gasteiger partial charge in [0.1, 0.15) is 5.01 Å². The van der Waals surface area contributed by atoms with E-state index in [4.69, 9.17) is 0 Å². The Kier molecular flexibility index (Phi) is 5.13. The van der Waals surface area contributed by atoms with E-state index in [0.717, 1.165) is 17.1 Å². The summed E-state index contributed by atoms with van der Waals surface area (Å²) in [4.78, 5) is 36.0. The van der Waals surface area contributed by atoms with Crippen molar-refractivity contribution in [1.29, 1.82) is 0 Å². The lowest BCUT2D eigenvalue weighted by molar-refractivity contribution is -0.387. The summed E-state index contributed by atoms with van der Waals surface area (Å²) in [6.45, 7) is 3.96. The SMILES string of the molecule is CC(C)c1nnc(NC(=O)C2CC(=O)N(c3ccc(F)c([N+](=O)[O-])c3)C2)s1. The van der Waals surface area contributed by atoms with Crippen molar-refractivity contribution in [2.45, 2.75) is 26.2 Å². The number of carbonyl (C=O) groups is 2. The van der Waals surface area contributed by atoms with Gasteiger partial charge in [-0.25, -0.2) is 0 Å². The number of nitrogens with zero attached hydrogens (tertiary/aromatic N) is 4. The van der Waals surface area contributed by atoms with Gasteiger partial charge in [0.2, 0.25) is 22.8 Å². The van der Waals surface area contributed by atoms with Crippen LogP contribution in [-0.2, 0) is 9.59 Å². The highest BCUT2D eigenvalue weighted by molar-refractivity contribution is 7.15. The predicted octanol–water partition coefficient (Wildman–Crippen LogP) is 2.70. The van der Waals surface area contributed by atoms with Crippen LogP contribution in [0.3, 0.4) is 0 Å². The molecule has 9 nitrogen and oxygen atoms in total. The van der Waals surface area contributed by atoms with Crippen LogP contribution < -0.4 is 10.2 Å². The van der Waals surface area contributed by atoms with E-state index in [2.05, 4.69) is 15.5 Å². The van der Waals surface area contributed by atoms with Crippen LogP contribution in [0.5, 0.6) is 0 Å². The summed E-state index contributed by atoms with van der Waals surface area (Å²) < 4.78 is 13.5. The standard InChI is InChI=1S/C16H16FN5O4S/c1-8(2)15-19-20-16(27-15)18-14(24)9-5-13(23)21(7-9)10-3-4-11(17)12(6-10)22(25)26/h3-4,6,8-9H,5,7H2,1-2H3,(H,18,20,24). The first-order valence-electron chi connectivity index (χ1n) is 8.15. The Morgan fingerprint density at radius 3 is 2.81 bits per heavy atom. The van der Waals surface area contributed by atoms with E-state index in [1.165, 1.54) is 22.3 Å². The lowest BCUT2D eigenvalue weighted by Crippen LogP contribution is -2.28. The van der Waals surface area contributed by atoms with E-state index >= 15 is 0 Å². The number of benzene rings is 1. The highest BCUT2D eigenvalue weighted by Crippen LogP contribution is 2.30. The first kappa shape index (κ1) is 18.8. The zero-order chi connectivity index (χ0) is 19.7. The Bertz CT molecular complexity index is 916. The molecule has 27 heavy (non-hydrogen) atoms. The highest BCUT2D eigenvalue weighted by Gasteiger charge is 2.36. The normalized spacial score (nSPS) is 16.8. The van der Waals surface area contributed by atoms with Gasteiger partial charge in [-0.2, -0.15) is 4.39 Å². The minimum absolute atomic E-state index is 0.0449. The molecule has 1 aromatic heterocycles. The van der Waals surface area contributed by atoms with E-state index in [-0.39, 0.29) is 36.4 Å². The number of nitrogens with one attached hydrogen (secondary N) is 1. The molecular weight excluding hydrogens is 377 g/mol. The van der Waals surface area contributed by atoms with Crippen molar-refractivity contribution < 1.29 is 18.9 Å². The third kappa shape index (κ3) is 3.92. The molecule has 0 saturated carbocycles. The topological polar surface area (TPSA) is 118 Å². The molecule has 0 aliphatic carbocycles. The van der Waals surface area contributed by atoms with Crippen LogP contribution in [0.1, 0.15) is 31.2 Å². The number of hydrogen-bond acceptors (Lipinski definition) is 7. The van der Waals surface area contributed by atoms with Gasteiger partial charge in [0.05, 0.1) is 16.5 Å². The Hall–Kier alpha value is -2.95. The maximum Gasteiger partial charge on any atom is 0.306 e. The zero-order valence-electron chi connectivity index (χ0n) is 14.5. The molecule has 142 valence electrons. The summed E-state index contributed by atoms with van der Waals surface area (Å²) in [5, 5.41) is 22.6. The van der Waals surface area contributed by atoms with Crippen molar-refractivity contribution >= 4 is 39.7 Å². The van der Waals surface area contributed by atoms with Crippen molar-refractivity contribution in [3.05, 3.63) is 39.1 Å². The summed E-state index contributed by atoms with van der Waals surface area (Å²) in [5.41, 5.74) is -0.537. The molecule has 1 fully saturated rings. The van der Waals surface area contributed by atoms with E-state index in [9.17, 15) is 24.1 Å². The van der Waals surface area contributed by atoms with Gasteiger partial charge < -0.3 is 10.2 Å². The molecule has 2 aromatic rings. The van der Waals surface area contributed by atoms with Gasteiger partial charge in [0, 0.05) is 24.9 Å². The Balaban J connectivity index is 1.72. The van der Waals surface area contributed by atoms with Gasteiger partial charge >= 0.3 is 5.69 Å². The summed E-state index contributed by atoms with van der Waals surface area (Å²) in [7, 11) is 0. The minimum atomic E-state index is -0.984. The predicted molar refractivity (Wildman–Crippen MR) is 96.1 cm³/mol. The van der Waals surface area contributed by atoms with Gasteiger partial charge in [-0.3, -0.25) is 19.7 Å². The Morgan fingerprint density at radius 1 is 1.44 bits per heavy atom. The molecular formula is C16H16FN5O4S. The molecule has 1 saturated heterocycles. The maximum atomic E-state index is 13.5. The third-order valence-corrected chi connectivity index (χ3v) is 5.24. The molecule has 1 aliphatic rings. The third-order valence-electron chi connectivity index (χ3n) is 4.10. The summed E-state index contributed by atoms with van der Waals surface area (Å²) in [6, 6.07) is 3.20. The Labute approximate surface area is 157 Å². The number of halogens is 1. The van der Waals surface area contributed by atoms with Crippen LogP contribution in [-0.4, -0.2) is 33.5 Å². The number of aromatic nitrogens is 2. The molecule has 2 amide bonds. The Morgan fingerprint density at radius 2 is 2.19 bits per heavy atom. The fourth-order valence-electron chi connectivity index (χ4n) is 2.67. The van der Waals surface area contributed by atoms with Crippen LogP contribution in [0.25, 0.3) is 0 Å². The second kappa shape index (κ2) is 7.35. The summed E-state index contributed by atoms with van der Waals surface area (Å²) in [6.07, 6.45) is -0.0488. The van der Waals surface area contributed by atoms with Crippen molar-refractivity contribution in [2.24, 2.45) is 5.92 Å². The first-order chi connectivity index (χ1) is 12.8. The molecule has 1 unspecified atom stereocenters. The van der Waals surface area contributed by atoms with Crippen molar-refractivity contribution in [3.63, 3.8) is 0 Å². The van der Waals surface area contributed by atoms with E-state index < -0.39 is 22.3 Å². The molecule has 1 aliphatic heterocycles. The lowest BCUT2D eigenvalue weighted by Gasteiger charge is -2.16. The number of rotatable bonds is 5. The van der Waals surface area contributed by atoms with Crippen LogP contribution in [0, 0.1) is 21.8 Å². The molecule has 1 aromatic carbocycles. The van der Waals surface area contributed by atoms with E-state index in [1.807, 2.05) is 13.8 Å². The largest absolute Gasteiger partial charge is 0.311 e. The average molecular weight is 393 g/mol. The number of anilines is 2. The number of carbonyl (C=O) groups excluding carboxylic acids is 2. The number of amides is 2. The maximum absolute atomic E-state index is 13.5. The number of nitro groups is 1. The fourth-order valence-corrected chi connectivity index (χ4v) is 3.42. The zero-order valence-corrected chi connectivity index (χ0v) is 15.3. The number of nitro benzene ring substituents is 1. The average Bonchev–Trinajstić information content (AvgIpc) is 3.22. The second-order valence-electron chi connectivity index (χ2n) is 6.39. The quantitative estimate of drug-likeness (QED) is 0.616. The van der Waals surface area contributed by atoms with Crippen molar-refractivity contribution in [2.75, 3.05) is 16.8 Å².